The van der Waals surface area contributed by atoms with Crippen LogP contribution in [0, 0.1) is 11.3 Å². The van der Waals surface area contributed by atoms with E-state index in [2.05, 4.69) is 5.32 Å². The average Bonchev–Trinajstić information content (AvgIpc) is 2.54. The Bertz CT molecular complexity index is 639. The minimum Gasteiger partial charge on any atom is -0.361 e. The Kier molecular flexibility index (Phi) is 4.96. The molecule has 2 atom stereocenters. The third-order valence-corrected chi connectivity index (χ3v) is 5.46. The first kappa shape index (κ1) is 15.9. The summed E-state index contributed by atoms with van der Waals surface area (Å²) in [7, 11) is -1.77. The van der Waals surface area contributed by atoms with Gasteiger partial charge in [0.2, 0.25) is 10.0 Å². The highest BCUT2D eigenvalue weighted by atomic mass is 32.2. The minimum atomic E-state index is -3.59. The third kappa shape index (κ3) is 3.41. The second kappa shape index (κ2) is 6.54. The molecule has 0 aromatic heterocycles. The Morgan fingerprint density at radius 2 is 2.29 bits per heavy atom. The Labute approximate surface area is 125 Å². The summed E-state index contributed by atoms with van der Waals surface area (Å²) in [6.45, 7) is 2.55. The summed E-state index contributed by atoms with van der Waals surface area (Å²) >= 11 is 0. The molecule has 1 fully saturated rings. The molecular weight excluding hydrogens is 290 g/mol. The highest BCUT2D eigenvalue weighted by Gasteiger charge is 2.30. The fourth-order valence-electron chi connectivity index (χ4n) is 2.18. The molecule has 0 spiro atoms. The summed E-state index contributed by atoms with van der Waals surface area (Å²) in [5.74, 6) is 0. The maximum Gasteiger partial charge on any atom is 0.243 e. The fraction of sp³-hybridized carbons (Fsp3) is 0.500. The molecule has 1 heterocycles. The van der Waals surface area contributed by atoms with Crippen molar-refractivity contribution in [3.63, 3.8) is 0 Å². The van der Waals surface area contributed by atoms with Crippen LogP contribution in [0.15, 0.2) is 29.2 Å². The van der Waals surface area contributed by atoms with Crippen LogP contribution in [0.4, 0.5) is 0 Å². The number of nitrogens with zero attached hydrogens (tertiary/aromatic N) is 2. The van der Waals surface area contributed by atoms with E-state index in [4.69, 9.17) is 10.00 Å². The van der Waals surface area contributed by atoms with Gasteiger partial charge < -0.3 is 10.1 Å². The van der Waals surface area contributed by atoms with Gasteiger partial charge >= 0.3 is 0 Å². The van der Waals surface area contributed by atoms with E-state index in [9.17, 15) is 8.42 Å². The van der Waals surface area contributed by atoms with Gasteiger partial charge in [-0.1, -0.05) is 12.1 Å². The Morgan fingerprint density at radius 1 is 1.52 bits per heavy atom. The van der Waals surface area contributed by atoms with Crippen molar-refractivity contribution >= 4 is 10.0 Å². The van der Waals surface area contributed by atoms with E-state index in [0.717, 1.165) is 5.56 Å². The van der Waals surface area contributed by atoms with Gasteiger partial charge in [0.1, 0.15) is 0 Å². The molecule has 2 rings (SSSR count). The van der Waals surface area contributed by atoms with Crippen LogP contribution in [0.1, 0.15) is 18.5 Å². The largest absolute Gasteiger partial charge is 0.361 e. The first-order valence-electron chi connectivity index (χ1n) is 6.77. The van der Waals surface area contributed by atoms with Gasteiger partial charge in [0.05, 0.1) is 24.1 Å². The first-order valence-corrected chi connectivity index (χ1v) is 8.21. The van der Waals surface area contributed by atoms with E-state index in [1.807, 2.05) is 26.1 Å². The molecular formula is C14H19N3O3S. The molecule has 1 aromatic rings. The van der Waals surface area contributed by atoms with E-state index in [1.165, 1.54) is 4.31 Å². The van der Waals surface area contributed by atoms with E-state index < -0.39 is 16.1 Å². The molecule has 0 aliphatic carbocycles. The molecule has 6 nitrogen and oxygen atoms in total. The number of rotatable bonds is 4. The van der Waals surface area contributed by atoms with Gasteiger partial charge in [-0.05, 0) is 31.7 Å². The number of hydrogen-bond acceptors (Lipinski definition) is 5. The second-order valence-corrected chi connectivity index (χ2v) is 6.87. The summed E-state index contributed by atoms with van der Waals surface area (Å²) in [5, 5.41) is 12.0. The maximum atomic E-state index is 12.7. The van der Waals surface area contributed by atoms with Crippen LogP contribution >= 0.6 is 0 Å². The molecule has 2 unspecified atom stereocenters. The lowest BCUT2D eigenvalue weighted by Gasteiger charge is -2.29. The van der Waals surface area contributed by atoms with E-state index in [-0.39, 0.29) is 30.6 Å². The summed E-state index contributed by atoms with van der Waals surface area (Å²) in [4.78, 5) is 0.251. The van der Waals surface area contributed by atoms with E-state index >= 15 is 0 Å². The number of nitrogens with one attached hydrogen (secondary N) is 1. The highest BCUT2D eigenvalue weighted by molar-refractivity contribution is 7.89. The molecule has 0 amide bonds. The molecule has 114 valence electrons. The SMILES string of the molecule is CNC(C)c1cccc(S(=O)(=O)N2CCOC(C#N)C2)c1. The molecule has 7 heteroatoms. The molecule has 0 radical (unpaired) electrons. The van der Waals surface area contributed by atoms with Crippen LogP contribution in [0.3, 0.4) is 0 Å². The van der Waals surface area contributed by atoms with Crippen molar-refractivity contribution in [3.05, 3.63) is 29.8 Å². The lowest BCUT2D eigenvalue weighted by Crippen LogP contribution is -2.45. The van der Waals surface area contributed by atoms with Gasteiger partial charge in [0.25, 0.3) is 0 Å². The predicted octanol–water partition coefficient (Wildman–Crippen LogP) is 0.880. The molecule has 0 bridgehead atoms. The third-order valence-electron chi connectivity index (χ3n) is 3.60. The minimum absolute atomic E-state index is 0.0664. The Morgan fingerprint density at radius 3 is 2.95 bits per heavy atom. The Balaban J connectivity index is 2.29. The number of morpholine rings is 1. The average molecular weight is 309 g/mol. The maximum absolute atomic E-state index is 12.7. The van der Waals surface area contributed by atoms with Crippen molar-refractivity contribution in [3.8, 4) is 6.07 Å². The molecule has 1 saturated heterocycles. The van der Waals surface area contributed by atoms with Crippen LogP contribution in [0.25, 0.3) is 0 Å². The number of nitriles is 1. The monoisotopic (exact) mass is 309 g/mol. The van der Waals surface area contributed by atoms with E-state index in [1.54, 1.807) is 18.2 Å². The zero-order valence-corrected chi connectivity index (χ0v) is 12.9. The summed E-state index contributed by atoms with van der Waals surface area (Å²) in [6, 6.07) is 8.90. The van der Waals surface area contributed by atoms with Gasteiger partial charge in [0.15, 0.2) is 6.10 Å². The normalized spacial score (nSPS) is 21.7. The lowest BCUT2D eigenvalue weighted by atomic mass is 10.1. The predicted molar refractivity (Wildman–Crippen MR) is 78.0 cm³/mol. The van der Waals surface area contributed by atoms with Crippen molar-refractivity contribution in [2.24, 2.45) is 0 Å². The molecule has 1 N–H and O–H groups in total. The second-order valence-electron chi connectivity index (χ2n) is 4.93. The summed E-state index contributed by atoms with van der Waals surface area (Å²) < 4.78 is 31.8. The molecule has 1 aliphatic heterocycles. The van der Waals surface area contributed by atoms with Crippen LogP contribution in [-0.2, 0) is 14.8 Å². The number of hydrogen-bond donors (Lipinski definition) is 1. The van der Waals surface area contributed by atoms with Crippen molar-refractivity contribution in [1.82, 2.24) is 9.62 Å². The summed E-state index contributed by atoms with van der Waals surface area (Å²) in [5.41, 5.74) is 0.906. The van der Waals surface area contributed by atoms with Crippen molar-refractivity contribution in [1.29, 1.82) is 5.26 Å². The number of benzene rings is 1. The first-order chi connectivity index (χ1) is 9.98. The van der Waals surface area contributed by atoms with Gasteiger partial charge in [-0.25, -0.2) is 8.42 Å². The molecule has 1 aromatic carbocycles. The zero-order valence-electron chi connectivity index (χ0n) is 12.1. The number of ether oxygens (including phenoxy) is 1. The van der Waals surface area contributed by atoms with Crippen LogP contribution in [-0.4, -0.2) is 45.6 Å². The lowest BCUT2D eigenvalue weighted by molar-refractivity contribution is 0.0311. The Hall–Kier alpha value is -1.46. The van der Waals surface area contributed by atoms with Crippen molar-refractivity contribution in [2.45, 2.75) is 24.0 Å². The van der Waals surface area contributed by atoms with Crippen molar-refractivity contribution < 1.29 is 13.2 Å². The zero-order chi connectivity index (χ0) is 15.5. The van der Waals surface area contributed by atoms with Crippen LogP contribution < -0.4 is 5.32 Å². The molecule has 0 saturated carbocycles. The topological polar surface area (TPSA) is 82.4 Å². The standard InChI is InChI=1S/C14H19N3O3S/c1-11(16-2)12-4-3-5-14(8-12)21(18,19)17-6-7-20-13(9-15)10-17/h3-5,8,11,13,16H,6-7,10H2,1-2H3. The quantitative estimate of drug-likeness (QED) is 0.893. The van der Waals surface area contributed by atoms with Gasteiger partial charge in [-0.15, -0.1) is 0 Å². The highest BCUT2D eigenvalue weighted by Crippen LogP contribution is 2.22. The molecule has 1 aliphatic rings. The van der Waals surface area contributed by atoms with E-state index in [0.29, 0.717) is 0 Å². The van der Waals surface area contributed by atoms with Crippen molar-refractivity contribution in [2.75, 3.05) is 26.7 Å². The van der Waals surface area contributed by atoms with Gasteiger partial charge in [-0.2, -0.15) is 9.57 Å². The fourth-order valence-corrected chi connectivity index (χ4v) is 3.66. The van der Waals surface area contributed by atoms with Gasteiger partial charge in [-0.3, -0.25) is 0 Å². The molecule has 21 heavy (non-hydrogen) atoms. The van der Waals surface area contributed by atoms with Crippen LogP contribution in [0.5, 0.6) is 0 Å². The smallest absolute Gasteiger partial charge is 0.243 e. The number of sulfonamides is 1. The van der Waals surface area contributed by atoms with Gasteiger partial charge in [0, 0.05) is 12.6 Å². The summed E-state index contributed by atoms with van der Waals surface area (Å²) in [6.07, 6.45) is -0.701. The van der Waals surface area contributed by atoms with Crippen LogP contribution in [0.2, 0.25) is 0 Å².